The van der Waals surface area contributed by atoms with Gasteiger partial charge in [0.1, 0.15) is 5.75 Å². The number of nitrogens with zero attached hydrogens (tertiary/aromatic N) is 1. The van der Waals surface area contributed by atoms with E-state index in [2.05, 4.69) is 4.98 Å². The van der Waals surface area contributed by atoms with Crippen LogP contribution >= 0.6 is 11.3 Å². The highest BCUT2D eigenvalue weighted by Crippen LogP contribution is 2.29. The molecular weight excluding hydrogens is 296 g/mol. The van der Waals surface area contributed by atoms with Crippen molar-refractivity contribution in [2.45, 2.75) is 19.1 Å². The van der Waals surface area contributed by atoms with E-state index in [9.17, 15) is 4.79 Å². The lowest BCUT2D eigenvalue weighted by molar-refractivity contribution is 0.0459. The van der Waals surface area contributed by atoms with Crippen molar-refractivity contribution in [3.63, 3.8) is 0 Å². The van der Waals surface area contributed by atoms with E-state index in [1.165, 1.54) is 11.3 Å². The highest BCUT2D eigenvalue weighted by Gasteiger charge is 2.36. The first-order valence-corrected chi connectivity index (χ1v) is 7.85. The van der Waals surface area contributed by atoms with Gasteiger partial charge in [0, 0.05) is 23.5 Å². The van der Waals surface area contributed by atoms with E-state index in [4.69, 9.17) is 10.5 Å². The summed E-state index contributed by atoms with van der Waals surface area (Å²) in [5, 5.41) is 1.04. The third-order valence-corrected chi connectivity index (χ3v) is 4.62. The number of nitrogens with two attached hydrogens (primary N) is 1. The molecule has 0 fully saturated rings. The zero-order valence-electron chi connectivity index (χ0n) is 12.2. The van der Waals surface area contributed by atoms with Gasteiger partial charge >= 0.3 is 0 Å². The molecule has 1 unspecified atom stereocenters. The van der Waals surface area contributed by atoms with E-state index in [1.54, 1.807) is 24.5 Å². The van der Waals surface area contributed by atoms with Crippen LogP contribution in [0.4, 0.5) is 0 Å². The molecule has 5 heteroatoms. The molecular formula is C17H16N2O2S. The van der Waals surface area contributed by atoms with Crippen molar-refractivity contribution >= 4 is 27.2 Å². The molecule has 0 radical (unpaired) electrons. The van der Waals surface area contributed by atoms with E-state index >= 15 is 0 Å². The molecule has 3 aromatic rings. The summed E-state index contributed by atoms with van der Waals surface area (Å²) in [5.41, 5.74) is 4.87. The van der Waals surface area contributed by atoms with Crippen molar-refractivity contribution in [3.8, 4) is 5.75 Å². The molecule has 0 saturated carbocycles. The quantitative estimate of drug-likeness (QED) is 0.577. The van der Waals surface area contributed by atoms with E-state index in [0.29, 0.717) is 17.0 Å². The Hall–Kier alpha value is -2.24. The van der Waals surface area contributed by atoms with Crippen LogP contribution in [-0.2, 0) is 0 Å². The lowest BCUT2D eigenvalue weighted by Crippen LogP contribution is -2.52. The molecule has 0 amide bonds. The van der Waals surface area contributed by atoms with Gasteiger partial charge in [0.2, 0.25) is 11.5 Å². The van der Waals surface area contributed by atoms with Crippen LogP contribution in [0.15, 0.2) is 54.9 Å². The van der Waals surface area contributed by atoms with Crippen LogP contribution < -0.4 is 10.5 Å². The van der Waals surface area contributed by atoms with E-state index < -0.39 is 5.72 Å². The maximum absolute atomic E-state index is 12.8. The largest absolute Gasteiger partial charge is 0.465 e. The van der Waals surface area contributed by atoms with Gasteiger partial charge in [0.05, 0.1) is 4.88 Å². The summed E-state index contributed by atoms with van der Waals surface area (Å²) in [7, 11) is 0. The molecule has 2 heterocycles. The van der Waals surface area contributed by atoms with Crippen molar-refractivity contribution in [1.82, 2.24) is 4.98 Å². The number of hydrogen-bond donors (Lipinski definition) is 1. The minimum absolute atomic E-state index is 0.201. The molecule has 0 saturated heterocycles. The number of carbonyl (C=O) groups excluding carboxylic acids is 1. The van der Waals surface area contributed by atoms with Gasteiger partial charge < -0.3 is 4.74 Å². The van der Waals surface area contributed by atoms with E-state index in [1.807, 2.05) is 37.3 Å². The van der Waals surface area contributed by atoms with Gasteiger partial charge in [-0.25, -0.2) is 0 Å². The minimum atomic E-state index is -1.37. The van der Waals surface area contributed by atoms with E-state index in [0.717, 1.165) is 10.1 Å². The maximum atomic E-state index is 12.8. The molecule has 2 aromatic heterocycles. The Labute approximate surface area is 132 Å². The number of fused-ring (bicyclic) bond motifs is 1. The Morgan fingerprint density at radius 3 is 2.68 bits per heavy atom. The number of benzene rings is 1. The highest BCUT2D eigenvalue weighted by molar-refractivity contribution is 7.20. The normalized spacial score (nSPS) is 13.7. The van der Waals surface area contributed by atoms with Gasteiger partial charge in [-0.1, -0.05) is 25.1 Å². The van der Waals surface area contributed by atoms with E-state index in [-0.39, 0.29) is 5.78 Å². The number of carbonyl (C=O) groups is 1. The van der Waals surface area contributed by atoms with Crippen LogP contribution in [0.2, 0.25) is 0 Å². The molecule has 0 aliphatic heterocycles. The first kappa shape index (κ1) is 14.7. The summed E-state index contributed by atoms with van der Waals surface area (Å²) in [4.78, 5) is 17.4. The predicted molar refractivity (Wildman–Crippen MR) is 88.2 cm³/mol. The summed E-state index contributed by atoms with van der Waals surface area (Å²) < 4.78 is 6.82. The van der Waals surface area contributed by atoms with Crippen LogP contribution in [0.3, 0.4) is 0 Å². The standard InChI is InChI=1S/C17H16N2O2S/c1-2-17(18,21-13-7-9-19-10-8-13)16(20)15-11-12-5-3-4-6-14(12)22-15/h3-11H,2,18H2,1H3. The van der Waals surface area contributed by atoms with Gasteiger partial charge in [-0.3, -0.25) is 15.5 Å². The maximum Gasteiger partial charge on any atom is 0.231 e. The number of rotatable bonds is 5. The molecule has 112 valence electrons. The topological polar surface area (TPSA) is 65.2 Å². The third kappa shape index (κ3) is 2.73. The third-order valence-electron chi connectivity index (χ3n) is 3.51. The molecule has 0 spiro atoms. The van der Waals surface area contributed by atoms with Crippen LogP contribution in [-0.4, -0.2) is 16.5 Å². The predicted octanol–water partition coefficient (Wildman–Crippen LogP) is 3.62. The smallest absolute Gasteiger partial charge is 0.231 e. The number of aromatic nitrogens is 1. The Balaban J connectivity index is 1.93. The van der Waals surface area contributed by atoms with Crippen LogP contribution in [0.1, 0.15) is 23.0 Å². The van der Waals surface area contributed by atoms with Crippen molar-refractivity contribution in [2.24, 2.45) is 5.73 Å². The van der Waals surface area contributed by atoms with Gasteiger partial charge in [-0.2, -0.15) is 0 Å². The molecule has 1 aromatic carbocycles. The number of Topliss-reactive ketones (excluding diaryl/α,β-unsaturated/α-hetero) is 1. The van der Waals surface area contributed by atoms with Gasteiger partial charge in [0.25, 0.3) is 0 Å². The number of thiophene rings is 1. The van der Waals surface area contributed by atoms with Crippen LogP contribution in [0.5, 0.6) is 5.75 Å². The fraction of sp³-hybridized carbons (Fsp3) is 0.176. The fourth-order valence-corrected chi connectivity index (χ4v) is 3.28. The Bertz CT molecular complexity index is 768. The number of ketones is 1. The van der Waals surface area contributed by atoms with Crippen molar-refractivity contribution in [1.29, 1.82) is 0 Å². The monoisotopic (exact) mass is 312 g/mol. The van der Waals surface area contributed by atoms with Crippen LogP contribution in [0, 0.1) is 0 Å². The molecule has 0 bridgehead atoms. The lowest BCUT2D eigenvalue weighted by Gasteiger charge is -2.27. The molecule has 4 nitrogen and oxygen atoms in total. The molecule has 0 aliphatic rings. The first-order valence-electron chi connectivity index (χ1n) is 7.04. The average molecular weight is 312 g/mol. The lowest BCUT2D eigenvalue weighted by atomic mass is 10.0. The van der Waals surface area contributed by atoms with Crippen molar-refractivity contribution < 1.29 is 9.53 Å². The summed E-state index contributed by atoms with van der Waals surface area (Å²) >= 11 is 1.44. The second-order valence-electron chi connectivity index (χ2n) is 5.01. The fourth-order valence-electron chi connectivity index (χ4n) is 2.20. The zero-order chi connectivity index (χ0) is 15.6. The number of pyridine rings is 1. The second-order valence-corrected chi connectivity index (χ2v) is 6.09. The zero-order valence-corrected chi connectivity index (χ0v) is 13.0. The SMILES string of the molecule is CCC(N)(Oc1ccncc1)C(=O)c1cc2ccccc2s1. The molecule has 1 atom stereocenters. The first-order chi connectivity index (χ1) is 10.6. The summed E-state index contributed by atoms with van der Waals surface area (Å²) in [6.45, 7) is 1.84. The number of ether oxygens (including phenoxy) is 1. The Kier molecular flexibility index (Phi) is 3.92. The van der Waals surface area contributed by atoms with Gasteiger partial charge in [0.15, 0.2) is 0 Å². The highest BCUT2D eigenvalue weighted by atomic mass is 32.1. The molecule has 0 aliphatic carbocycles. The van der Waals surface area contributed by atoms with Gasteiger partial charge in [-0.05, 0) is 29.7 Å². The minimum Gasteiger partial charge on any atom is -0.465 e. The number of hydrogen-bond acceptors (Lipinski definition) is 5. The van der Waals surface area contributed by atoms with Crippen molar-refractivity contribution in [3.05, 3.63) is 59.7 Å². The average Bonchev–Trinajstić information content (AvgIpc) is 2.99. The molecule has 2 N–H and O–H groups in total. The van der Waals surface area contributed by atoms with Crippen molar-refractivity contribution in [2.75, 3.05) is 0 Å². The summed E-state index contributed by atoms with van der Waals surface area (Å²) in [5.74, 6) is 0.335. The summed E-state index contributed by atoms with van der Waals surface area (Å²) in [6, 6.07) is 13.1. The van der Waals surface area contributed by atoms with Crippen LogP contribution in [0.25, 0.3) is 10.1 Å². The Morgan fingerprint density at radius 1 is 1.27 bits per heavy atom. The molecule has 22 heavy (non-hydrogen) atoms. The van der Waals surface area contributed by atoms with Gasteiger partial charge in [-0.15, -0.1) is 11.3 Å². The Morgan fingerprint density at radius 2 is 2.00 bits per heavy atom. The molecule has 3 rings (SSSR count). The summed E-state index contributed by atoms with van der Waals surface area (Å²) in [6.07, 6.45) is 3.59. The second kappa shape index (κ2) is 5.87.